The van der Waals surface area contributed by atoms with Crippen molar-refractivity contribution in [3.8, 4) is 0 Å². The fourth-order valence-electron chi connectivity index (χ4n) is 2.13. The van der Waals surface area contributed by atoms with Gasteiger partial charge < -0.3 is 15.3 Å². The molecule has 1 rings (SSSR count). The molecular weight excluding hydrogens is 204 g/mol. The second-order valence-corrected chi connectivity index (χ2v) is 4.70. The first-order valence-electron chi connectivity index (χ1n) is 6.34. The summed E-state index contributed by atoms with van der Waals surface area (Å²) >= 11 is 0. The Kier molecular flexibility index (Phi) is 5.77. The SMILES string of the molecule is CCCCN1CCC(NC(C)C(=O)O)CC1. The number of hydrogen-bond acceptors (Lipinski definition) is 3. The number of carboxylic acids is 1. The molecule has 0 radical (unpaired) electrons. The van der Waals surface area contributed by atoms with E-state index < -0.39 is 12.0 Å². The molecule has 0 spiro atoms. The van der Waals surface area contributed by atoms with Gasteiger partial charge in [0.15, 0.2) is 0 Å². The van der Waals surface area contributed by atoms with Gasteiger partial charge >= 0.3 is 5.97 Å². The van der Waals surface area contributed by atoms with Crippen molar-refractivity contribution in [2.24, 2.45) is 0 Å². The van der Waals surface area contributed by atoms with E-state index in [9.17, 15) is 4.79 Å². The number of rotatable bonds is 6. The Labute approximate surface area is 98.0 Å². The average molecular weight is 228 g/mol. The lowest BCUT2D eigenvalue weighted by Crippen LogP contribution is -2.47. The third-order valence-electron chi connectivity index (χ3n) is 3.27. The van der Waals surface area contributed by atoms with Crippen LogP contribution in [-0.2, 0) is 4.79 Å². The van der Waals surface area contributed by atoms with E-state index in [1.54, 1.807) is 6.92 Å². The molecule has 0 amide bonds. The van der Waals surface area contributed by atoms with E-state index in [-0.39, 0.29) is 0 Å². The molecule has 2 N–H and O–H groups in total. The Hall–Kier alpha value is -0.610. The zero-order chi connectivity index (χ0) is 12.0. The monoisotopic (exact) mass is 228 g/mol. The predicted molar refractivity (Wildman–Crippen MR) is 64.6 cm³/mol. The summed E-state index contributed by atoms with van der Waals surface area (Å²) < 4.78 is 0. The van der Waals surface area contributed by atoms with E-state index in [2.05, 4.69) is 17.1 Å². The van der Waals surface area contributed by atoms with Gasteiger partial charge in [-0.1, -0.05) is 13.3 Å². The van der Waals surface area contributed by atoms with Crippen LogP contribution in [-0.4, -0.2) is 47.7 Å². The smallest absolute Gasteiger partial charge is 0.320 e. The second-order valence-electron chi connectivity index (χ2n) is 4.70. The molecule has 94 valence electrons. The number of nitrogens with one attached hydrogen (secondary N) is 1. The molecule has 4 nitrogen and oxygen atoms in total. The molecule has 1 heterocycles. The quantitative estimate of drug-likeness (QED) is 0.720. The van der Waals surface area contributed by atoms with Crippen molar-refractivity contribution in [1.29, 1.82) is 0 Å². The van der Waals surface area contributed by atoms with Gasteiger partial charge in [0.05, 0.1) is 0 Å². The number of carbonyl (C=O) groups is 1. The molecule has 0 saturated carbocycles. The van der Waals surface area contributed by atoms with Crippen LogP contribution in [0.4, 0.5) is 0 Å². The third kappa shape index (κ3) is 4.49. The van der Waals surface area contributed by atoms with Gasteiger partial charge in [0.2, 0.25) is 0 Å². The van der Waals surface area contributed by atoms with Gasteiger partial charge in [-0.05, 0) is 45.8 Å². The number of hydrogen-bond donors (Lipinski definition) is 2. The molecule has 1 unspecified atom stereocenters. The molecule has 1 fully saturated rings. The van der Waals surface area contributed by atoms with Crippen molar-refractivity contribution < 1.29 is 9.90 Å². The zero-order valence-corrected chi connectivity index (χ0v) is 10.4. The molecule has 1 saturated heterocycles. The fourth-order valence-corrected chi connectivity index (χ4v) is 2.13. The van der Waals surface area contributed by atoms with E-state index in [1.165, 1.54) is 19.4 Å². The van der Waals surface area contributed by atoms with Crippen LogP contribution in [0.1, 0.15) is 39.5 Å². The predicted octanol–water partition coefficient (Wildman–Crippen LogP) is 1.31. The molecular formula is C12H24N2O2. The van der Waals surface area contributed by atoms with Gasteiger partial charge in [0.25, 0.3) is 0 Å². The van der Waals surface area contributed by atoms with Crippen LogP contribution in [0.5, 0.6) is 0 Å². The molecule has 1 atom stereocenters. The molecule has 0 bridgehead atoms. The molecule has 1 aliphatic heterocycles. The van der Waals surface area contributed by atoms with Crippen LogP contribution in [0, 0.1) is 0 Å². The van der Waals surface area contributed by atoms with Crippen molar-refractivity contribution in [3.05, 3.63) is 0 Å². The molecule has 4 heteroatoms. The number of carboxylic acid groups (broad SMARTS) is 1. The summed E-state index contributed by atoms with van der Waals surface area (Å²) in [6, 6.07) is -0.0452. The summed E-state index contributed by atoms with van der Waals surface area (Å²) in [5, 5.41) is 12.0. The first kappa shape index (κ1) is 13.5. The number of aliphatic carboxylic acids is 1. The van der Waals surface area contributed by atoms with Crippen LogP contribution in [0.25, 0.3) is 0 Å². The van der Waals surface area contributed by atoms with E-state index in [4.69, 9.17) is 5.11 Å². The minimum atomic E-state index is -0.756. The lowest BCUT2D eigenvalue weighted by molar-refractivity contribution is -0.139. The Morgan fingerprint density at radius 3 is 2.62 bits per heavy atom. The molecule has 1 aliphatic rings. The summed E-state index contributed by atoms with van der Waals surface area (Å²) in [6.07, 6.45) is 4.65. The van der Waals surface area contributed by atoms with Crippen LogP contribution in [0.15, 0.2) is 0 Å². The molecule has 16 heavy (non-hydrogen) atoms. The Morgan fingerprint density at radius 2 is 2.12 bits per heavy atom. The average Bonchev–Trinajstić information content (AvgIpc) is 2.28. The maximum absolute atomic E-state index is 10.7. The summed E-state index contributed by atoms with van der Waals surface area (Å²) in [7, 11) is 0. The summed E-state index contributed by atoms with van der Waals surface area (Å²) in [5.41, 5.74) is 0. The molecule has 0 aliphatic carbocycles. The van der Waals surface area contributed by atoms with Crippen LogP contribution < -0.4 is 5.32 Å². The van der Waals surface area contributed by atoms with Crippen molar-refractivity contribution in [2.45, 2.75) is 51.6 Å². The first-order valence-corrected chi connectivity index (χ1v) is 6.34. The van der Waals surface area contributed by atoms with Crippen LogP contribution in [0.3, 0.4) is 0 Å². The third-order valence-corrected chi connectivity index (χ3v) is 3.27. The fraction of sp³-hybridized carbons (Fsp3) is 0.917. The number of unbranched alkanes of at least 4 members (excludes halogenated alkanes) is 1. The van der Waals surface area contributed by atoms with Crippen LogP contribution in [0.2, 0.25) is 0 Å². The second kappa shape index (κ2) is 6.86. The largest absolute Gasteiger partial charge is 0.480 e. The van der Waals surface area contributed by atoms with Gasteiger partial charge in [0, 0.05) is 6.04 Å². The highest BCUT2D eigenvalue weighted by Crippen LogP contribution is 2.11. The number of nitrogens with zero attached hydrogens (tertiary/aromatic N) is 1. The van der Waals surface area contributed by atoms with Gasteiger partial charge in [-0.25, -0.2) is 0 Å². The van der Waals surface area contributed by atoms with Crippen molar-refractivity contribution in [2.75, 3.05) is 19.6 Å². The lowest BCUT2D eigenvalue weighted by Gasteiger charge is -2.33. The highest BCUT2D eigenvalue weighted by Gasteiger charge is 2.21. The van der Waals surface area contributed by atoms with Crippen molar-refractivity contribution in [3.63, 3.8) is 0 Å². The summed E-state index contributed by atoms with van der Waals surface area (Å²) in [4.78, 5) is 13.2. The Bertz CT molecular complexity index is 213. The van der Waals surface area contributed by atoms with Gasteiger partial charge in [0.1, 0.15) is 6.04 Å². The Balaban J connectivity index is 2.19. The highest BCUT2D eigenvalue weighted by molar-refractivity contribution is 5.72. The normalized spacial score (nSPS) is 20.9. The van der Waals surface area contributed by atoms with Gasteiger partial charge in [-0.15, -0.1) is 0 Å². The lowest BCUT2D eigenvalue weighted by atomic mass is 10.0. The van der Waals surface area contributed by atoms with Crippen molar-refractivity contribution >= 4 is 5.97 Å². The first-order chi connectivity index (χ1) is 7.63. The summed E-state index contributed by atoms with van der Waals surface area (Å²) in [5.74, 6) is -0.756. The minimum absolute atomic E-state index is 0.379. The number of likely N-dealkylation sites (tertiary alicyclic amines) is 1. The van der Waals surface area contributed by atoms with Crippen LogP contribution >= 0.6 is 0 Å². The van der Waals surface area contributed by atoms with E-state index in [1.807, 2.05) is 0 Å². The minimum Gasteiger partial charge on any atom is -0.480 e. The maximum Gasteiger partial charge on any atom is 0.320 e. The van der Waals surface area contributed by atoms with E-state index in [0.29, 0.717) is 6.04 Å². The topological polar surface area (TPSA) is 52.6 Å². The van der Waals surface area contributed by atoms with Gasteiger partial charge in [-0.2, -0.15) is 0 Å². The van der Waals surface area contributed by atoms with E-state index >= 15 is 0 Å². The maximum atomic E-state index is 10.7. The summed E-state index contributed by atoms with van der Waals surface area (Å²) in [6.45, 7) is 7.32. The molecule has 0 aromatic rings. The van der Waals surface area contributed by atoms with Crippen molar-refractivity contribution in [1.82, 2.24) is 10.2 Å². The Morgan fingerprint density at radius 1 is 1.50 bits per heavy atom. The zero-order valence-electron chi connectivity index (χ0n) is 10.4. The van der Waals surface area contributed by atoms with E-state index in [0.717, 1.165) is 25.9 Å². The highest BCUT2D eigenvalue weighted by atomic mass is 16.4. The van der Waals surface area contributed by atoms with Gasteiger partial charge in [-0.3, -0.25) is 4.79 Å². The standard InChI is InChI=1S/C12H24N2O2/c1-3-4-7-14-8-5-11(6-9-14)13-10(2)12(15)16/h10-11,13H,3-9H2,1-2H3,(H,15,16). The number of piperidine rings is 1. The molecule has 0 aromatic carbocycles. The molecule has 0 aromatic heterocycles.